The molecule has 0 unspecified atom stereocenters. The summed E-state index contributed by atoms with van der Waals surface area (Å²) in [5, 5.41) is 0.731. The first kappa shape index (κ1) is 22.1. The van der Waals surface area contributed by atoms with Gasteiger partial charge in [-0.1, -0.05) is 29.5 Å². The number of hydrogen-bond acceptors (Lipinski definition) is 5. The van der Waals surface area contributed by atoms with Crippen LogP contribution in [-0.4, -0.2) is 50.8 Å². The lowest BCUT2D eigenvalue weighted by Crippen LogP contribution is -3.12. The number of carbonyl (C=O) groups excluding carboxylic acids is 1. The van der Waals surface area contributed by atoms with Crippen molar-refractivity contribution < 1.29 is 19.2 Å². The van der Waals surface area contributed by atoms with E-state index in [-0.39, 0.29) is 5.91 Å². The number of benzene rings is 2. The molecule has 7 heteroatoms. The standard InChI is InChI=1S/C23H29N3O3S/c1-4-25(5-2)14-15-26(22(27)13-16-29-18-9-7-6-8-10-18)23-24-20-12-11-19(28-3)17-21(20)30-23/h6-12,17H,4-5,13-16H2,1-3H3/p+1. The number of amides is 1. The maximum atomic E-state index is 13.1. The van der Waals surface area contributed by atoms with Gasteiger partial charge in [-0.3, -0.25) is 9.69 Å². The zero-order valence-electron chi connectivity index (χ0n) is 17.9. The van der Waals surface area contributed by atoms with Crippen molar-refractivity contribution in [1.82, 2.24) is 4.98 Å². The van der Waals surface area contributed by atoms with Gasteiger partial charge in [-0.05, 0) is 44.2 Å². The van der Waals surface area contributed by atoms with Gasteiger partial charge < -0.3 is 14.4 Å². The largest absolute Gasteiger partial charge is 0.497 e. The fourth-order valence-corrected chi connectivity index (χ4v) is 4.28. The minimum atomic E-state index is 0.0310. The maximum absolute atomic E-state index is 13.1. The minimum Gasteiger partial charge on any atom is -0.497 e. The van der Waals surface area contributed by atoms with E-state index in [2.05, 4.69) is 13.8 Å². The van der Waals surface area contributed by atoms with E-state index in [4.69, 9.17) is 14.5 Å². The highest BCUT2D eigenvalue weighted by molar-refractivity contribution is 7.22. The van der Waals surface area contributed by atoms with Crippen molar-refractivity contribution in [3.63, 3.8) is 0 Å². The number of rotatable bonds is 11. The third kappa shape index (κ3) is 5.70. The molecule has 1 N–H and O–H groups in total. The van der Waals surface area contributed by atoms with Gasteiger partial charge in [0.25, 0.3) is 0 Å². The van der Waals surface area contributed by atoms with Gasteiger partial charge >= 0.3 is 0 Å². The van der Waals surface area contributed by atoms with E-state index in [1.165, 1.54) is 16.2 Å². The van der Waals surface area contributed by atoms with Crippen molar-refractivity contribution in [1.29, 1.82) is 0 Å². The summed E-state index contributed by atoms with van der Waals surface area (Å²) in [4.78, 5) is 21.1. The molecule has 0 fully saturated rings. The second-order valence-electron chi connectivity index (χ2n) is 6.99. The Labute approximate surface area is 182 Å². The first-order chi connectivity index (χ1) is 14.6. The summed E-state index contributed by atoms with van der Waals surface area (Å²) >= 11 is 1.52. The third-order valence-corrected chi connectivity index (χ3v) is 6.17. The van der Waals surface area contributed by atoms with Gasteiger partial charge in [0, 0.05) is 0 Å². The summed E-state index contributed by atoms with van der Waals surface area (Å²) in [5.74, 6) is 1.60. The molecule has 1 aromatic heterocycles. The average Bonchev–Trinajstić information content (AvgIpc) is 3.20. The molecule has 0 aliphatic rings. The maximum Gasteiger partial charge on any atom is 0.232 e. The van der Waals surface area contributed by atoms with E-state index in [0.29, 0.717) is 19.6 Å². The van der Waals surface area contributed by atoms with Crippen molar-refractivity contribution in [2.24, 2.45) is 0 Å². The highest BCUT2D eigenvalue weighted by atomic mass is 32.1. The SMILES string of the molecule is CC[NH+](CC)CCN(C(=O)CCOc1ccccc1)c1nc2ccc(OC)cc2s1. The van der Waals surface area contributed by atoms with Gasteiger partial charge in [0.2, 0.25) is 5.91 Å². The van der Waals surface area contributed by atoms with Crippen LogP contribution in [0.5, 0.6) is 11.5 Å². The van der Waals surface area contributed by atoms with Crippen molar-refractivity contribution in [2.75, 3.05) is 44.8 Å². The van der Waals surface area contributed by atoms with Crippen LogP contribution in [-0.2, 0) is 4.79 Å². The molecule has 0 radical (unpaired) electrons. The van der Waals surface area contributed by atoms with Crippen molar-refractivity contribution in [3.05, 3.63) is 48.5 Å². The Kier molecular flexibility index (Phi) is 8.04. The minimum absolute atomic E-state index is 0.0310. The summed E-state index contributed by atoms with van der Waals surface area (Å²) < 4.78 is 12.1. The first-order valence-electron chi connectivity index (χ1n) is 10.4. The molecule has 3 rings (SSSR count). The van der Waals surface area contributed by atoms with Crippen molar-refractivity contribution in [3.8, 4) is 11.5 Å². The second-order valence-corrected chi connectivity index (χ2v) is 8.00. The fraction of sp³-hybridized carbons (Fsp3) is 0.391. The lowest BCUT2D eigenvalue weighted by molar-refractivity contribution is -0.894. The first-order valence-corrected chi connectivity index (χ1v) is 11.2. The number of methoxy groups -OCH3 is 1. The summed E-state index contributed by atoms with van der Waals surface area (Å²) in [7, 11) is 1.65. The molecule has 0 aliphatic heterocycles. The number of thiazole rings is 1. The van der Waals surface area contributed by atoms with E-state index < -0.39 is 0 Å². The second kappa shape index (κ2) is 10.9. The van der Waals surface area contributed by atoms with Crippen LogP contribution in [0.3, 0.4) is 0 Å². The monoisotopic (exact) mass is 428 g/mol. The molecule has 0 saturated heterocycles. The Morgan fingerprint density at radius 1 is 1.10 bits per heavy atom. The molecular formula is C23H30N3O3S+. The highest BCUT2D eigenvalue weighted by Crippen LogP contribution is 2.31. The van der Waals surface area contributed by atoms with Gasteiger partial charge in [0.05, 0.1) is 56.5 Å². The molecule has 30 heavy (non-hydrogen) atoms. The van der Waals surface area contributed by atoms with Crippen LogP contribution in [0.4, 0.5) is 5.13 Å². The van der Waals surface area contributed by atoms with Crippen LogP contribution in [0.2, 0.25) is 0 Å². The topological polar surface area (TPSA) is 56.1 Å². The Hall–Kier alpha value is -2.64. The predicted molar refractivity (Wildman–Crippen MR) is 122 cm³/mol. The van der Waals surface area contributed by atoms with Gasteiger partial charge in [0.15, 0.2) is 5.13 Å². The Morgan fingerprint density at radius 2 is 1.87 bits per heavy atom. The van der Waals surface area contributed by atoms with Crippen molar-refractivity contribution in [2.45, 2.75) is 20.3 Å². The van der Waals surface area contributed by atoms with E-state index in [9.17, 15) is 4.79 Å². The van der Waals surface area contributed by atoms with E-state index in [1.807, 2.05) is 53.4 Å². The molecule has 2 aromatic carbocycles. The van der Waals surface area contributed by atoms with Crippen LogP contribution < -0.4 is 19.3 Å². The van der Waals surface area contributed by atoms with E-state index in [0.717, 1.165) is 46.5 Å². The number of likely N-dealkylation sites (N-methyl/N-ethyl adjacent to an activating group) is 1. The quantitative estimate of drug-likeness (QED) is 0.510. The van der Waals surface area contributed by atoms with Crippen LogP contribution in [0.15, 0.2) is 48.5 Å². The Balaban J connectivity index is 1.74. The Bertz CT molecular complexity index is 941. The number of nitrogens with one attached hydrogen (secondary N) is 1. The number of fused-ring (bicyclic) bond motifs is 1. The van der Waals surface area contributed by atoms with Gasteiger partial charge in [-0.15, -0.1) is 0 Å². The fourth-order valence-electron chi connectivity index (χ4n) is 3.24. The normalized spacial score (nSPS) is 11.1. The molecule has 0 atom stereocenters. The number of hydrogen-bond donors (Lipinski definition) is 1. The van der Waals surface area contributed by atoms with Crippen LogP contribution in [0, 0.1) is 0 Å². The summed E-state index contributed by atoms with van der Waals surface area (Å²) in [6.07, 6.45) is 0.307. The number of quaternary nitrogens is 1. The zero-order chi connectivity index (χ0) is 21.3. The molecule has 0 saturated carbocycles. The number of aromatic nitrogens is 1. The number of ether oxygens (including phenoxy) is 2. The predicted octanol–water partition coefficient (Wildman–Crippen LogP) is 3.03. The molecule has 1 amide bonds. The number of nitrogens with zero attached hydrogens (tertiary/aromatic N) is 2. The molecule has 0 bridgehead atoms. The number of carbonyl (C=O) groups is 1. The zero-order valence-corrected chi connectivity index (χ0v) is 18.7. The molecule has 0 aliphatic carbocycles. The van der Waals surface area contributed by atoms with Gasteiger partial charge in [-0.25, -0.2) is 4.98 Å². The number of anilines is 1. The summed E-state index contributed by atoms with van der Waals surface area (Å²) in [5.41, 5.74) is 0.879. The average molecular weight is 429 g/mol. The molecule has 160 valence electrons. The van der Waals surface area contributed by atoms with Crippen LogP contribution in [0.1, 0.15) is 20.3 Å². The molecule has 3 aromatic rings. The molecule has 1 heterocycles. The number of para-hydroxylation sites is 1. The van der Waals surface area contributed by atoms with Gasteiger partial charge in [-0.2, -0.15) is 0 Å². The highest BCUT2D eigenvalue weighted by Gasteiger charge is 2.21. The smallest absolute Gasteiger partial charge is 0.232 e. The lowest BCUT2D eigenvalue weighted by Gasteiger charge is -2.23. The van der Waals surface area contributed by atoms with Gasteiger partial charge in [0.1, 0.15) is 11.5 Å². The van der Waals surface area contributed by atoms with Crippen molar-refractivity contribution >= 4 is 32.6 Å². The van der Waals surface area contributed by atoms with Crippen LogP contribution in [0.25, 0.3) is 10.2 Å². The Morgan fingerprint density at radius 3 is 2.57 bits per heavy atom. The molecule has 0 spiro atoms. The molecule has 6 nitrogen and oxygen atoms in total. The third-order valence-electron chi connectivity index (χ3n) is 5.13. The van der Waals surface area contributed by atoms with E-state index >= 15 is 0 Å². The van der Waals surface area contributed by atoms with E-state index in [1.54, 1.807) is 7.11 Å². The molecular weight excluding hydrogens is 398 g/mol. The lowest BCUT2D eigenvalue weighted by atomic mass is 10.3. The van der Waals surface area contributed by atoms with Crippen LogP contribution >= 0.6 is 11.3 Å². The summed E-state index contributed by atoms with van der Waals surface area (Å²) in [6, 6.07) is 15.4. The summed E-state index contributed by atoms with van der Waals surface area (Å²) in [6.45, 7) is 8.27.